The Labute approximate surface area is 100 Å². The number of rotatable bonds is 3. The van der Waals surface area contributed by atoms with Crippen molar-refractivity contribution in [3.63, 3.8) is 0 Å². The van der Waals surface area contributed by atoms with Gasteiger partial charge in [0.05, 0.1) is 32.0 Å². The van der Waals surface area contributed by atoms with E-state index >= 15 is 0 Å². The van der Waals surface area contributed by atoms with E-state index in [4.69, 9.17) is 9.84 Å². The number of benzene rings is 1. The lowest BCUT2D eigenvalue weighted by Crippen LogP contribution is -2.05. The Morgan fingerprint density at radius 3 is 2.76 bits per heavy atom. The minimum absolute atomic E-state index is 0.0181. The van der Waals surface area contributed by atoms with Crippen molar-refractivity contribution in [3.05, 3.63) is 29.3 Å². The molecule has 0 saturated carbocycles. The molecule has 0 aromatic heterocycles. The molecule has 0 unspecified atom stereocenters. The van der Waals surface area contributed by atoms with Gasteiger partial charge in [0.1, 0.15) is 5.75 Å². The van der Waals surface area contributed by atoms with E-state index in [-0.39, 0.29) is 6.61 Å². The van der Waals surface area contributed by atoms with Crippen molar-refractivity contribution >= 4 is 5.97 Å². The molecule has 0 radical (unpaired) electrons. The monoisotopic (exact) mass is 234 g/mol. The molecular formula is C13H14O4. The zero-order valence-corrected chi connectivity index (χ0v) is 9.82. The van der Waals surface area contributed by atoms with E-state index in [2.05, 4.69) is 16.6 Å². The SMILES string of the molecule is COC(=O)c1cccc(OC)c1C#CCCO. The van der Waals surface area contributed by atoms with Gasteiger partial charge in [-0.3, -0.25) is 0 Å². The summed E-state index contributed by atoms with van der Waals surface area (Å²) in [5.41, 5.74) is 0.840. The molecule has 90 valence electrons. The van der Waals surface area contributed by atoms with Crippen molar-refractivity contribution in [2.45, 2.75) is 6.42 Å². The average Bonchev–Trinajstić information content (AvgIpc) is 2.38. The largest absolute Gasteiger partial charge is 0.495 e. The lowest BCUT2D eigenvalue weighted by atomic mass is 10.1. The first-order valence-electron chi connectivity index (χ1n) is 5.09. The van der Waals surface area contributed by atoms with Crippen LogP contribution in [0.4, 0.5) is 0 Å². The lowest BCUT2D eigenvalue weighted by Gasteiger charge is -2.07. The van der Waals surface area contributed by atoms with Crippen molar-refractivity contribution in [3.8, 4) is 17.6 Å². The minimum atomic E-state index is -0.461. The number of methoxy groups -OCH3 is 2. The first-order chi connectivity index (χ1) is 8.24. The molecule has 1 aromatic rings. The maximum atomic E-state index is 11.5. The smallest absolute Gasteiger partial charge is 0.339 e. The highest BCUT2D eigenvalue weighted by Crippen LogP contribution is 2.21. The van der Waals surface area contributed by atoms with Gasteiger partial charge in [0.15, 0.2) is 0 Å². The molecule has 0 atom stereocenters. The summed E-state index contributed by atoms with van der Waals surface area (Å²) in [5.74, 6) is 5.62. The van der Waals surface area contributed by atoms with Gasteiger partial charge in [-0.2, -0.15) is 0 Å². The summed E-state index contributed by atoms with van der Waals surface area (Å²) in [4.78, 5) is 11.5. The summed E-state index contributed by atoms with van der Waals surface area (Å²) < 4.78 is 9.81. The summed E-state index contributed by atoms with van der Waals surface area (Å²) in [7, 11) is 2.82. The fourth-order valence-corrected chi connectivity index (χ4v) is 1.32. The lowest BCUT2D eigenvalue weighted by molar-refractivity contribution is 0.0600. The van der Waals surface area contributed by atoms with Gasteiger partial charge in [0.2, 0.25) is 0 Å². The third-order valence-electron chi connectivity index (χ3n) is 2.10. The highest BCUT2D eigenvalue weighted by Gasteiger charge is 2.13. The van der Waals surface area contributed by atoms with Gasteiger partial charge < -0.3 is 14.6 Å². The number of aliphatic hydroxyl groups excluding tert-OH is 1. The number of ether oxygens (including phenoxy) is 2. The summed E-state index contributed by atoms with van der Waals surface area (Å²) in [6.45, 7) is -0.0181. The van der Waals surface area contributed by atoms with Crippen LogP contribution < -0.4 is 4.74 Å². The maximum absolute atomic E-state index is 11.5. The van der Waals surface area contributed by atoms with Crippen LogP contribution in [0, 0.1) is 11.8 Å². The van der Waals surface area contributed by atoms with Gasteiger partial charge in [-0.15, -0.1) is 0 Å². The van der Waals surface area contributed by atoms with Gasteiger partial charge in [0, 0.05) is 6.42 Å². The van der Waals surface area contributed by atoms with Gasteiger partial charge in [-0.1, -0.05) is 17.9 Å². The number of carbonyl (C=O) groups is 1. The van der Waals surface area contributed by atoms with E-state index in [1.165, 1.54) is 14.2 Å². The van der Waals surface area contributed by atoms with Crippen LogP contribution in [-0.4, -0.2) is 31.9 Å². The van der Waals surface area contributed by atoms with Crippen molar-refractivity contribution in [2.24, 2.45) is 0 Å². The number of hydrogen-bond acceptors (Lipinski definition) is 4. The summed E-state index contributed by atoms with van der Waals surface area (Å²) >= 11 is 0. The van der Waals surface area contributed by atoms with E-state index in [1.807, 2.05) is 0 Å². The molecule has 1 aromatic carbocycles. The molecule has 0 bridgehead atoms. The zero-order valence-electron chi connectivity index (χ0n) is 9.82. The molecule has 0 fully saturated rings. The second kappa shape index (κ2) is 6.56. The summed E-state index contributed by atoms with van der Waals surface area (Å²) in [6, 6.07) is 5.04. The highest BCUT2D eigenvalue weighted by atomic mass is 16.5. The molecule has 4 nitrogen and oxygen atoms in total. The Hall–Kier alpha value is -1.99. The molecule has 17 heavy (non-hydrogen) atoms. The number of aliphatic hydroxyl groups is 1. The molecule has 0 aliphatic heterocycles. The van der Waals surface area contributed by atoms with Gasteiger partial charge in [0.25, 0.3) is 0 Å². The molecule has 0 aliphatic rings. The van der Waals surface area contributed by atoms with E-state index in [1.54, 1.807) is 18.2 Å². The summed E-state index contributed by atoms with van der Waals surface area (Å²) in [5, 5.41) is 8.67. The average molecular weight is 234 g/mol. The van der Waals surface area contributed by atoms with E-state index in [9.17, 15) is 4.79 Å². The van der Waals surface area contributed by atoms with Gasteiger partial charge in [-0.25, -0.2) is 4.79 Å². The second-order valence-corrected chi connectivity index (χ2v) is 3.15. The fraction of sp³-hybridized carbons (Fsp3) is 0.308. The topological polar surface area (TPSA) is 55.8 Å². The van der Waals surface area contributed by atoms with Crippen molar-refractivity contribution < 1.29 is 19.4 Å². The molecule has 0 heterocycles. The van der Waals surface area contributed by atoms with E-state index in [0.29, 0.717) is 23.3 Å². The standard InChI is InChI=1S/C13H14O4/c1-16-12-8-5-7-11(13(15)17-2)10(12)6-3-4-9-14/h5,7-8,14H,4,9H2,1-2H3. The maximum Gasteiger partial charge on any atom is 0.339 e. The molecule has 0 aliphatic carbocycles. The molecular weight excluding hydrogens is 220 g/mol. The molecule has 0 spiro atoms. The quantitative estimate of drug-likeness (QED) is 0.631. The normalized spacial score (nSPS) is 9.12. The number of hydrogen-bond donors (Lipinski definition) is 1. The predicted octanol–water partition coefficient (Wildman–Crippen LogP) is 1.22. The van der Waals surface area contributed by atoms with Crippen LogP contribution in [0.3, 0.4) is 0 Å². The van der Waals surface area contributed by atoms with Crippen LogP contribution in [0.15, 0.2) is 18.2 Å². The predicted molar refractivity (Wildman–Crippen MR) is 62.9 cm³/mol. The van der Waals surface area contributed by atoms with Crippen molar-refractivity contribution in [1.82, 2.24) is 0 Å². The Kier molecular flexibility index (Phi) is 5.05. The van der Waals surface area contributed by atoms with Crippen LogP contribution in [0.2, 0.25) is 0 Å². The highest BCUT2D eigenvalue weighted by molar-refractivity contribution is 5.93. The van der Waals surface area contributed by atoms with Crippen LogP contribution in [-0.2, 0) is 4.74 Å². The number of esters is 1. The van der Waals surface area contributed by atoms with Crippen LogP contribution in [0.1, 0.15) is 22.3 Å². The third kappa shape index (κ3) is 3.23. The van der Waals surface area contributed by atoms with E-state index < -0.39 is 5.97 Å². The van der Waals surface area contributed by atoms with Crippen LogP contribution in [0.5, 0.6) is 5.75 Å². The van der Waals surface area contributed by atoms with Crippen LogP contribution >= 0.6 is 0 Å². The molecule has 4 heteroatoms. The molecule has 0 amide bonds. The Morgan fingerprint density at radius 2 is 2.18 bits per heavy atom. The van der Waals surface area contributed by atoms with Gasteiger partial charge in [-0.05, 0) is 12.1 Å². The van der Waals surface area contributed by atoms with Crippen molar-refractivity contribution in [2.75, 3.05) is 20.8 Å². The molecule has 1 N–H and O–H groups in total. The Bertz CT molecular complexity index is 454. The third-order valence-corrected chi connectivity index (χ3v) is 2.10. The van der Waals surface area contributed by atoms with Crippen LogP contribution in [0.25, 0.3) is 0 Å². The Morgan fingerprint density at radius 1 is 1.41 bits per heavy atom. The molecule has 1 rings (SSSR count). The summed E-state index contributed by atoms with van der Waals surface area (Å²) in [6.07, 6.45) is 0.346. The fourth-order valence-electron chi connectivity index (χ4n) is 1.32. The second-order valence-electron chi connectivity index (χ2n) is 3.15. The molecule has 0 saturated heterocycles. The zero-order chi connectivity index (χ0) is 12.7. The number of carbonyl (C=O) groups excluding carboxylic acids is 1. The van der Waals surface area contributed by atoms with Crippen molar-refractivity contribution in [1.29, 1.82) is 0 Å². The van der Waals surface area contributed by atoms with E-state index in [0.717, 1.165) is 0 Å². The first kappa shape index (κ1) is 13.1. The van der Waals surface area contributed by atoms with Gasteiger partial charge >= 0.3 is 5.97 Å². The Balaban J connectivity index is 3.22. The minimum Gasteiger partial charge on any atom is -0.495 e. The first-order valence-corrected chi connectivity index (χ1v) is 5.09.